The number of benzene rings is 2. The quantitative estimate of drug-likeness (QED) is 0.623. The maximum absolute atomic E-state index is 12.4. The van der Waals surface area contributed by atoms with Crippen LogP contribution in [0.2, 0.25) is 5.02 Å². The van der Waals surface area contributed by atoms with Crippen LogP contribution in [0.4, 0.5) is 11.4 Å². The first-order chi connectivity index (χ1) is 13.8. The van der Waals surface area contributed by atoms with Crippen LogP contribution in [0.25, 0.3) is 0 Å². The van der Waals surface area contributed by atoms with Crippen LogP contribution in [0, 0.1) is 0 Å². The highest BCUT2D eigenvalue weighted by Crippen LogP contribution is 2.60. The summed E-state index contributed by atoms with van der Waals surface area (Å²) in [6.45, 7) is 4.98. The molecule has 0 unspecified atom stereocenters. The van der Waals surface area contributed by atoms with Crippen LogP contribution in [0.3, 0.4) is 0 Å². The number of thioether (sulfide) groups is 2. The predicted octanol–water partition coefficient (Wildman–Crippen LogP) is 5.48. The van der Waals surface area contributed by atoms with E-state index in [9.17, 15) is 9.59 Å². The second-order valence-electron chi connectivity index (χ2n) is 6.65. The first kappa shape index (κ1) is 20.1. The van der Waals surface area contributed by atoms with E-state index in [1.807, 2.05) is 49.4 Å². The summed E-state index contributed by atoms with van der Waals surface area (Å²) in [4.78, 5) is 27.4. The number of hydrogen-bond donors (Lipinski definition) is 0. The fourth-order valence-electron chi connectivity index (χ4n) is 3.35. The molecular weight excluding hydrogens is 426 g/mol. The van der Waals surface area contributed by atoms with Gasteiger partial charge in [-0.05, 0) is 55.9 Å². The predicted molar refractivity (Wildman–Crippen MR) is 122 cm³/mol. The summed E-state index contributed by atoms with van der Waals surface area (Å²) in [7, 11) is 0. The molecule has 0 bridgehead atoms. The van der Waals surface area contributed by atoms with Crippen molar-refractivity contribution in [3.63, 3.8) is 0 Å². The minimum Gasteiger partial charge on any atom is -0.301 e. The lowest BCUT2D eigenvalue weighted by Gasteiger charge is -2.41. The molecule has 0 fully saturated rings. The molecule has 0 saturated heterocycles. The van der Waals surface area contributed by atoms with Gasteiger partial charge in [-0.1, -0.05) is 47.6 Å². The molecule has 2 aliphatic heterocycles. The molecule has 1 atom stereocenters. The van der Waals surface area contributed by atoms with Crippen LogP contribution < -0.4 is 9.91 Å². The normalized spacial score (nSPS) is 21.2. The SMILES string of the molecule is CC(=O)C1=NN(c2cccc(Cl)c2)[C@@]2(S1)SC(C(C)=O)=C(C)N2c1ccccc1. The first-order valence-electron chi connectivity index (χ1n) is 8.94. The number of carbonyl (C=O) groups excluding carboxylic acids is 2. The molecule has 0 N–H and O–H groups in total. The summed E-state index contributed by atoms with van der Waals surface area (Å²) in [6.07, 6.45) is 0. The second kappa shape index (κ2) is 7.55. The molecular formula is C21H18ClN3O2S2. The summed E-state index contributed by atoms with van der Waals surface area (Å²) in [6, 6.07) is 17.1. The van der Waals surface area contributed by atoms with Gasteiger partial charge in [0.1, 0.15) is 0 Å². The number of hydrazone groups is 1. The van der Waals surface area contributed by atoms with Gasteiger partial charge >= 0.3 is 0 Å². The Bertz CT molecular complexity index is 1070. The van der Waals surface area contributed by atoms with Gasteiger partial charge in [0.2, 0.25) is 4.33 Å². The molecule has 0 aromatic heterocycles. The van der Waals surface area contributed by atoms with Gasteiger partial charge in [-0.15, -0.1) is 0 Å². The van der Waals surface area contributed by atoms with E-state index in [2.05, 4.69) is 10.0 Å². The lowest BCUT2D eigenvalue weighted by Crippen LogP contribution is -2.49. The number of para-hydroxylation sites is 1. The van der Waals surface area contributed by atoms with E-state index in [0.717, 1.165) is 17.1 Å². The summed E-state index contributed by atoms with van der Waals surface area (Å²) in [5, 5.41) is 7.39. The Labute approximate surface area is 182 Å². The van der Waals surface area contributed by atoms with Crippen molar-refractivity contribution in [3.8, 4) is 0 Å². The minimum atomic E-state index is -0.877. The number of halogens is 1. The number of nitrogens with zero attached hydrogens (tertiary/aromatic N) is 3. The van der Waals surface area contributed by atoms with Crippen LogP contribution in [0.1, 0.15) is 20.8 Å². The van der Waals surface area contributed by atoms with Gasteiger partial charge in [0.15, 0.2) is 16.6 Å². The third kappa shape index (κ3) is 3.37. The van der Waals surface area contributed by atoms with Gasteiger partial charge in [-0.3, -0.25) is 9.59 Å². The van der Waals surface area contributed by atoms with Crippen LogP contribution in [0.15, 0.2) is 70.3 Å². The fraction of sp³-hybridized carbons (Fsp3) is 0.190. The number of anilines is 2. The molecule has 29 heavy (non-hydrogen) atoms. The molecule has 2 aliphatic rings. The number of rotatable bonds is 4. The monoisotopic (exact) mass is 443 g/mol. The van der Waals surface area contributed by atoms with Crippen LogP contribution in [-0.4, -0.2) is 20.9 Å². The van der Waals surface area contributed by atoms with Crippen molar-refractivity contribution < 1.29 is 9.59 Å². The lowest BCUT2D eigenvalue weighted by molar-refractivity contribution is -0.113. The molecule has 2 aromatic rings. The van der Waals surface area contributed by atoms with E-state index < -0.39 is 4.33 Å². The maximum Gasteiger partial charge on any atom is 0.245 e. The van der Waals surface area contributed by atoms with E-state index in [0.29, 0.717) is 15.0 Å². The molecule has 0 saturated carbocycles. The zero-order valence-electron chi connectivity index (χ0n) is 16.0. The Hall–Kier alpha value is -2.22. The highest BCUT2D eigenvalue weighted by atomic mass is 35.5. The summed E-state index contributed by atoms with van der Waals surface area (Å²) in [5.41, 5.74) is 2.48. The smallest absolute Gasteiger partial charge is 0.245 e. The van der Waals surface area contributed by atoms with E-state index in [-0.39, 0.29) is 11.6 Å². The standard InChI is InChI=1S/C21H18ClN3O2S2/c1-13-19(14(2)26)28-21(24(13)17-9-5-4-6-10-17)25(23-20(29-21)15(3)27)18-11-7-8-16(22)12-18/h4-12H,1-3H3/t21-/m1/s1. The fourth-order valence-corrected chi connectivity index (χ4v) is 6.48. The Morgan fingerprint density at radius 3 is 2.28 bits per heavy atom. The van der Waals surface area contributed by atoms with Gasteiger partial charge in [0.05, 0.1) is 10.6 Å². The van der Waals surface area contributed by atoms with E-state index in [1.165, 1.54) is 30.4 Å². The topological polar surface area (TPSA) is 53.0 Å². The third-order valence-electron chi connectivity index (χ3n) is 4.56. The molecule has 4 rings (SSSR count). The van der Waals surface area contributed by atoms with E-state index in [4.69, 9.17) is 11.6 Å². The first-order valence-corrected chi connectivity index (χ1v) is 10.9. The Morgan fingerprint density at radius 1 is 0.966 bits per heavy atom. The van der Waals surface area contributed by atoms with Gasteiger partial charge in [0.25, 0.3) is 0 Å². The molecule has 2 heterocycles. The van der Waals surface area contributed by atoms with E-state index >= 15 is 0 Å². The number of hydrogen-bond acceptors (Lipinski definition) is 7. The number of Topliss-reactive ketones (excluding diaryl/α,β-unsaturated/α-hetero) is 2. The van der Waals surface area contributed by atoms with Gasteiger partial charge < -0.3 is 4.90 Å². The molecule has 0 aliphatic carbocycles. The highest BCUT2D eigenvalue weighted by molar-refractivity contribution is 8.29. The average molecular weight is 444 g/mol. The average Bonchev–Trinajstić information content (AvgIpc) is 3.21. The molecule has 0 amide bonds. The number of allylic oxidation sites excluding steroid dienone is 2. The summed E-state index contributed by atoms with van der Waals surface area (Å²) >= 11 is 8.99. The molecule has 1 spiro atoms. The van der Waals surface area contributed by atoms with Crippen molar-refractivity contribution in [1.29, 1.82) is 0 Å². The number of ketones is 2. The Balaban J connectivity index is 1.93. The van der Waals surface area contributed by atoms with Gasteiger partial charge in [0, 0.05) is 23.3 Å². The van der Waals surface area contributed by atoms with Crippen molar-refractivity contribution in [1.82, 2.24) is 0 Å². The van der Waals surface area contributed by atoms with Crippen molar-refractivity contribution in [3.05, 3.63) is 70.2 Å². The second-order valence-corrected chi connectivity index (χ2v) is 9.68. The third-order valence-corrected chi connectivity index (χ3v) is 7.89. The Morgan fingerprint density at radius 2 is 1.66 bits per heavy atom. The van der Waals surface area contributed by atoms with Gasteiger partial charge in [-0.25, -0.2) is 5.01 Å². The molecule has 8 heteroatoms. The zero-order chi connectivity index (χ0) is 20.8. The highest BCUT2D eigenvalue weighted by Gasteiger charge is 2.57. The zero-order valence-corrected chi connectivity index (χ0v) is 18.4. The van der Waals surface area contributed by atoms with Crippen LogP contribution in [-0.2, 0) is 9.59 Å². The van der Waals surface area contributed by atoms with Gasteiger partial charge in [-0.2, -0.15) is 5.10 Å². The molecule has 148 valence electrons. The molecule has 5 nitrogen and oxygen atoms in total. The van der Waals surface area contributed by atoms with E-state index in [1.54, 1.807) is 24.1 Å². The Kier molecular flexibility index (Phi) is 5.23. The van der Waals surface area contributed by atoms with Crippen molar-refractivity contribution in [2.45, 2.75) is 25.1 Å². The number of carbonyl (C=O) groups is 2. The largest absolute Gasteiger partial charge is 0.301 e. The van der Waals surface area contributed by atoms with Crippen molar-refractivity contribution >= 4 is 63.1 Å². The molecule has 2 aromatic carbocycles. The lowest BCUT2D eigenvalue weighted by atomic mass is 10.2. The van der Waals surface area contributed by atoms with Crippen molar-refractivity contribution in [2.75, 3.05) is 9.91 Å². The summed E-state index contributed by atoms with van der Waals surface area (Å²) < 4.78 is -0.877. The molecule has 0 radical (unpaired) electrons. The van der Waals surface area contributed by atoms with Crippen molar-refractivity contribution in [2.24, 2.45) is 5.10 Å². The summed E-state index contributed by atoms with van der Waals surface area (Å²) in [5.74, 6) is -0.144. The van der Waals surface area contributed by atoms with Crippen LogP contribution >= 0.6 is 35.1 Å². The maximum atomic E-state index is 12.4. The van der Waals surface area contributed by atoms with Crippen LogP contribution in [0.5, 0.6) is 0 Å². The minimum absolute atomic E-state index is 0.0202.